The quantitative estimate of drug-likeness (QED) is 0.672. The molecule has 0 amide bonds. The molecule has 14 heavy (non-hydrogen) atoms. The second kappa shape index (κ2) is 3.35. The highest BCUT2D eigenvalue weighted by Crippen LogP contribution is 2.38. The molecule has 3 heterocycles. The van der Waals surface area contributed by atoms with Crippen molar-refractivity contribution in [1.82, 2.24) is 9.88 Å². The number of aromatic nitrogens is 1. The van der Waals surface area contributed by atoms with Crippen LogP contribution in [0.3, 0.4) is 0 Å². The van der Waals surface area contributed by atoms with Gasteiger partial charge in [0.1, 0.15) is 0 Å². The molecule has 2 nitrogen and oxygen atoms in total. The van der Waals surface area contributed by atoms with Gasteiger partial charge in [0.2, 0.25) is 0 Å². The molecule has 2 aliphatic rings. The van der Waals surface area contributed by atoms with E-state index < -0.39 is 0 Å². The summed E-state index contributed by atoms with van der Waals surface area (Å²) in [6.45, 7) is 2.61. The summed E-state index contributed by atoms with van der Waals surface area (Å²) in [5, 5.41) is 0. The first kappa shape index (κ1) is 8.42. The molecular weight excluding hydrogens is 172 g/mol. The average molecular weight is 188 g/mol. The van der Waals surface area contributed by atoms with Crippen LogP contribution in [0.5, 0.6) is 0 Å². The molecule has 2 heteroatoms. The van der Waals surface area contributed by atoms with Crippen LogP contribution in [0, 0.1) is 5.92 Å². The van der Waals surface area contributed by atoms with Gasteiger partial charge in [-0.3, -0.25) is 9.88 Å². The molecule has 0 aliphatic carbocycles. The van der Waals surface area contributed by atoms with Crippen LogP contribution in [0.1, 0.15) is 30.9 Å². The van der Waals surface area contributed by atoms with Crippen molar-refractivity contribution in [3.05, 3.63) is 30.1 Å². The SMILES string of the molecule is c1cncc([C@H]2CC[C@H]3CCN2C3)c1. The lowest BCUT2D eigenvalue weighted by Gasteiger charge is -2.32. The summed E-state index contributed by atoms with van der Waals surface area (Å²) in [5.74, 6) is 0.989. The van der Waals surface area contributed by atoms with Crippen LogP contribution in [0.2, 0.25) is 0 Å². The topological polar surface area (TPSA) is 16.1 Å². The number of pyridine rings is 1. The van der Waals surface area contributed by atoms with Gasteiger partial charge in [-0.2, -0.15) is 0 Å². The van der Waals surface area contributed by atoms with E-state index in [1.54, 1.807) is 0 Å². The first-order chi connectivity index (χ1) is 6.93. The van der Waals surface area contributed by atoms with Gasteiger partial charge in [0.25, 0.3) is 0 Å². The monoisotopic (exact) mass is 188 g/mol. The van der Waals surface area contributed by atoms with Crippen molar-refractivity contribution in [1.29, 1.82) is 0 Å². The van der Waals surface area contributed by atoms with Gasteiger partial charge in [-0.25, -0.2) is 0 Å². The Balaban J connectivity index is 1.85. The lowest BCUT2D eigenvalue weighted by atomic mass is 9.93. The number of rotatable bonds is 1. The third-order valence-electron chi connectivity index (χ3n) is 3.68. The first-order valence-electron chi connectivity index (χ1n) is 5.57. The highest BCUT2D eigenvalue weighted by molar-refractivity contribution is 5.15. The smallest absolute Gasteiger partial charge is 0.0363 e. The van der Waals surface area contributed by atoms with E-state index in [9.17, 15) is 0 Å². The highest BCUT2D eigenvalue weighted by atomic mass is 15.2. The molecule has 0 radical (unpaired) electrons. The van der Waals surface area contributed by atoms with Crippen LogP contribution in [0.25, 0.3) is 0 Å². The number of fused-ring (bicyclic) bond motifs is 2. The molecule has 3 rings (SSSR count). The van der Waals surface area contributed by atoms with E-state index in [1.165, 1.54) is 37.9 Å². The number of nitrogens with zero attached hydrogens (tertiary/aromatic N) is 2. The molecule has 1 aromatic heterocycles. The van der Waals surface area contributed by atoms with Crippen LogP contribution in [-0.2, 0) is 0 Å². The molecule has 0 aromatic carbocycles. The lowest BCUT2D eigenvalue weighted by Crippen LogP contribution is -2.30. The van der Waals surface area contributed by atoms with Crippen molar-refractivity contribution in [3.63, 3.8) is 0 Å². The summed E-state index contributed by atoms with van der Waals surface area (Å²) < 4.78 is 0. The number of piperidine rings is 1. The molecule has 1 unspecified atom stereocenters. The molecule has 2 aliphatic heterocycles. The van der Waals surface area contributed by atoms with Crippen molar-refractivity contribution >= 4 is 0 Å². The van der Waals surface area contributed by atoms with Crippen molar-refractivity contribution in [2.75, 3.05) is 13.1 Å². The normalized spacial score (nSPS) is 35.9. The Bertz CT molecular complexity index is 309. The Morgan fingerprint density at radius 2 is 2.29 bits per heavy atom. The molecular formula is C12H16N2. The molecule has 2 saturated heterocycles. The molecule has 74 valence electrons. The predicted octanol–water partition coefficient (Wildman–Crippen LogP) is 2.24. The van der Waals surface area contributed by atoms with Crippen LogP contribution >= 0.6 is 0 Å². The minimum absolute atomic E-state index is 0.655. The minimum atomic E-state index is 0.655. The Kier molecular flexibility index (Phi) is 2.02. The van der Waals surface area contributed by atoms with Crippen LogP contribution in [0.15, 0.2) is 24.5 Å². The van der Waals surface area contributed by atoms with Crippen molar-refractivity contribution in [2.45, 2.75) is 25.3 Å². The minimum Gasteiger partial charge on any atom is -0.296 e. The van der Waals surface area contributed by atoms with E-state index in [-0.39, 0.29) is 0 Å². The van der Waals surface area contributed by atoms with Crippen molar-refractivity contribution in [3.8, 4) is 0 Å². The zero-order chi connectivity index (χ0) is 9.38. The summed E-state index contributed by atoms with van der Waals surface area (Å²) in [5.41, 5.74) is 1.41. The molecule has 1 aromatic rings. The predicted molar refractivity (Wildman–Crippen MR) is 55.9 cm³/mol. The number of hydrogen-bond donors (Lipinski definition) is 0. The van der Waals surface area contributed by atoms with Crippen LogP contribution in [-0.4, -0.2) is 23.0 Å². The first-order valence-corrected chi connectivity index (χ1v) is 5.57. The summed E-state index contributed by atoms with van der Waals surface area (Å²) in [6.07, 6.45) is 8.05. The van der Waals surface area contributed by atoms with E-state index in [1.807, 2.05) is 12.4 Å². The van der Waals surface area contributed by atoms with E-state index in [0.29, 0.717) is 6.04 Å². The lowest BCUT2D eigenvalue weighted by molar-refractivity contribution is 0.182. The Morgan fingerprint density at radius 1 is 1.29 bits per heavy atom. The fraction of sp³-hybridized carbons (Fsp3) is 0.583. The summed E-state index contributed by atoms with van der Waals surface area (Å²) >= 11 is 0. The molecule has 2 bridgehead atoms. The van der Waals surface area contributed by atoms with Gasteiger partial charge < -0.3 is 0 Å². The Labute approximate surface area is 85.0 Å². The van der Waals surface area contributed by atoms with Gasteiger partial charge >= 0.3 is 0 Å². The van der Waals surface area contributed by atoms with E-state index in [0.717, 1.165) is 5.92 Å². The highest BCUT2D eigenvalue weighted by Gasteiger charge is 2.33. The largest absolute Gasteiger partial charge is 0.296 e. The van der Waals surface area contributed by atoms with Gasteiger partial charge in [0, 0.05) is 25.0 Å². The van der Waals surface area contributed by atoms with Crippen molar-refractivity contribution < 1.29 is 0 Å². The Morgan fingerprint density at radius 3 is 3.14 bits per heavy atom. The second-order valence-electron chi connectivity index (χ2n) is 4.53. The zero-order valence-corrected chi connectivity index (χ0v) is 8.39. The van der Waals surface area contributed by atoms with Crippen molar-refractivity contribution in [2.24, 2.45) is 5.92 Å². The van der Waals surface area contributed by atoms with E-state index in [2.05, 4.69) is 22.0 Å². The zero-order valence-electron chi connectivity index (χ0n) is 8.39. The fourth-order valence-electron chi connectivity index (χ4n) is 2.91. The molecule has 0 spiro atoms. The third kappa shape index (κ3) is 1.34. The average Bonchev–Trinajstić information content (AvgIpc) is 2.62. The molecule has 2 fully saturated rings. The standard InChI is InChI=1S/C12H16N2/c1-2-11(8-13-6-1)12-4-3-10-5-7-14(12)9-10/h1-2,6,8,10,12H,3-5,7,9H2/t10-,12+/m0/s1. The van der Waals surface area contributed by atoms with Gasteiger partial charge in [-0.05, 0) is 43.4 Å². The van der Waals surface area contributed by atoms with Gasteiger partial charge in [0.05, 0.1) is 0 Å². The summed E-state index contributed by atoms with van der Waals surface area (Å²) in [6, 6.07) is 4.93. The van der Waals surface area contributed by atoms with Crippen LogP contribution < -0.4 is 0 Å². The fourth-order valence-corrected chi connectivity index (χ4v) is 2.91. The molecule has 0 saturated carbocycles. The van der Waals surface area contributed by atoms with Gasteiger partial charge in [0.15, 0.2) is 0 Å². The maximum absolute atomic E-state index is 4.22. The van der Waals surface area contributed by atoms with Gasteiger partial charge in [-0.15, -0.1) is 0 Å². The summed E-state index contributed by atoms with van der Waals surface area (Å²) in [4.78, 5) is 6.85. The third-order valence-corrected chi connectivity index (χ3v) is 3.68. The van der Waals surface area contributed by atoms with E-state index >= 15 is 0 Å². The molecule has 3 atom stereocenters. The van der Waals surface area contributed by atoms with Gasteiger partial charge in [-0.1, -0.05) is 6.07 Å². The maximum Gasteiger partial charge on any atom is 0.0363 e. The summed E-state index contributed by atoms with van der Waals surface area (Å²) in [7, 11) is 0. The number of hydrogen-bond acceptors (Lipinski definition) is 2. The van der Waals surface area contributed by atoms with Crippen LogP contribution in [0.4, 0.5) is 0 Å². The maximum atomic E-state index is 4.22. The second-order valence-corrected chi connectivity index (χ2v) is 4.53. The Hall–Kier alpha value is -0.890. The molecule has 0 N–H and O–H groups in total. The van der Waals surface area contributed by atoms with E-state index in [4.69, 9.17) is 0 Å².